The van der Waals surface area contributed by atoms with E-state index < -0.39 is 5.69 Å². The highest BCUT2D eigenvalue weighted by molar-refractivity contribution is 5.84. The topological polar surface area (TPSA) is 146 Å². The average molecular weight is 442 g/mol. The van der Waals surface area contributed by atoms with Crippen LogP contribution in [0.25, 0.3) is 0 Å². The maximum Gasteiger partial charge on any atom is 0.328 e. The summed E-state index contributed by atoms with van der Waals surface area (Å²) in [5.41, 5.74) is 0.551. The molecule has 1 saturated heterocycles. The molecular weight excluding hydrogens is 416 g/mol. The van der Waals surface area contributed by atoms with Gasteiger partial charge in [0.25, 0.3) is 5.56 Å². The van der Waals surface area contributed by atoms with Gasteiger partial charge in [-0.15, -0.1) is 0 Å². The molecule has 0 unspecified atom stereocenters. The summed E-state index contributed by atoms with van der Waals surface area (Å²) in [6, 6.07) is 0. The predicted octanol–water partition coefficient (Wildman–Crippen LogP) is -1.54. The lowest BCUT2D eigenvalue weighted by Crippen LogP contribution is -2.51. The Kier molecular flexibility index (Phi) is 6.57. The number of nitrogens with zero attached hydrogens (tertiary/aromatic N) is 6. The normalized spacial score (nSPS) is 15.9. The van der Waals surface area contributed by atoms with Crippen molar-refractivity contribution in [2.45, 2.75) is 38.6 Å². The number of aromatic amines is 1. The number of aromatic nitrogens is 5. The molecule has 2 amide bonds. The van der Waals surface area contributed by atoms with E-state index in [2.05, 4.69) is 25.3 Å². The monoisotopic (exact) mass is 442 g/mol. The van der Waals surface area contributed by atoms with Gasteiger partial charge in [0.1, 0.15) is 12.7 Å². The van der Waals surface area contributed by atoms with Crippen molar-refractivity contribution in [2.75, 3.05) is 37.6 Å². The van der Waals surface area contributed by atoms with Crippen molar-refractivity contribution in [3.63, 3.8) is 0 Å². The van der Waals surface area contributed by atoms with E-state index in [1.54, 1.807) is 4.90 Å². The Morgan fingerprint density at radius 2 is 1.75 bits per heavy atom. The number of amides is 2. The zero-order valence-electron chi connectivity index (χ0n) is 17.7. The van der Waals surface area contributed by atoms with Gasteiger partial charge in [-0.1, -0.05) is 0 Å². The highest BCUT2D eigenvalue weighted by Gasteiger charge is 2.23. The minimum atomic E-state index is -0.490. The number of carbonyl (C=O) groups is 2. The van der Waals surface area contributed by atoms with Crippen molar-refractivity contribution < 1.29 is 9.59 Å². The summed E-state index contributed by atoms with van der Waals surface area (Å²) >= 11 is 0. The predicted molar refractivity (Wildman–Crippen MR) is 114 cm³/mol. The fourth-order valence-electron chi connectivity index (χ4n) is 4.17. The highest BCUT2D eigenvalue weighted by Crippen LogP contribution is 2.16. The van der Waals surface area contributed by atoms with Crippen molar-refractivity contribution >= 4 is 17.8 Å². The van der Waals surface area contributed by atoms with Gasteiger partial charge in [-0.3, -0.25) is 23.9 Å². The number of H-pyrrole nitrogens is 1. The van der Waals surface area contributed by atoms with Gasteiger partial charge in [0.2, 0.25) is 17.8 Å². The molecule has 0 saturated carbocycles. The van der Waals surface area contributed by atoms with Gasteiger partial charge in [0.05, 0.1) is 6.54 Å². The molecule has 170 valence electrons. The van der Waals surface area contributed by atoms with Crippen LogP contribution in [-0.2, 0) is 29.0 Å². The Labute approximate surface area is 183 Å². The molecule has 0 bridgehead atoms. The third-order valence-corrected chi connectivity index (χ3v) is 5.90. The minimum Gasteiger partial charge on any atom is -0.347 e. The van der Waals surface area contributed by atoms with Gasteiger partial charge < -0.3 is 15.1 Å². The molecule has 12 heteroatoms. The number of rotatable bonds is 6. The number of nitrogens with one attached hydrogen (secondary N) is 2. The largest absolute Gasteiger partial charge is 0.347 e. The standard InChI is InChI=1S/C20H26N8O4/c29-16(5-6-28-15-4-2-1-3-14(15)18(31)25-20(28)32)22-11-17(30)26-7-9-27(10-8-26)19-23-12-21-13-24-19/h12-13H,1-11H2,(H,22,29)(H,25,31,32). The van der Waals surface area contributed by atoms with Crippen LogP contribution in [0.4, 0.5) is 5.95 Å². The van der Waals surface area contributed by atoms with E-state index in [1.165, 1.54) is 17.2 Å². The van der Waals surface area contributed by atoms with Crippen LogP contribution in [0.3, 0.4) is 0 Å². The van der Waals surface area contributed by atoms with Gasteiger partial charge in [0, 0.05) is 50.4 Å². The molecule has 2 aromatic rings. The molecule has 0 atom stereocenters. The maximum absolute atomic E-state index is 12.5. The molecular formula is C20H26N8O4. The van der Waals surface area contributed by atoms with Gasteiger partial charge >= 0.3 is 5.69 Å². The summed E-state index contributed by atoms with van der Waals surface area (Å²) in [4.78, 5) is 67.0. The smallest absolute Gasteiger partial charge is 0.328 e. The van der Waals surface area contributed by atoms with Crippen molar-refractivity contribution in [1.82, 2.24) is 34.7 Å². The summed E-state index contributed by atoms with van der Waals surface area (Å²) in [6.07, 6.45) is 6.06. The van der Waals surface area contributed by atoms with Crippen molar-refractivity contribution in [1.29, 1.82) is 0 Å². The van der Waals surface area contributed by atoms with E-state index in [0.717, 1.165) is 18.5 Å². The van der Waals surface area contributed by atoms with Crippen LogP contribution in [0.2, 0.25) is 0 Å². The molecule has 0 radical (unpaired) electrons. The molecule has 2 aromatic heterocycles. The van der Waals surface area contributed by atoms with Gasteiger partial charge in [0.15, 0.2) is 0 Å². The van der Waals surface area contributed by atoms with Crippen molar-refractivity contribution in [2.24, 2.45) is 0 Å². The minimum absolute atomic E-state index is 0.0544. The third kappa shape index (κ3) is 4.84. The van der Waals surface area contributed by atoms with Crippen molar-refractivity contribution in [3.05, 3.63) is 44.8 Å². The van der Waals surface area contributed by atoms with E-state index in [9.17, 15) is 19.2 Å². The average Bonchev–Trinajstić information content (AvgIpc) is 2.83. The summed E-state index contributed by atoms with van der Waals surface area (Å²) < 4.78 is 1.48. The van der Waals surface area contributed by atoms with Crippen LogP contribution in [-0.4, -0.2) is 73.9 Å². The van der Waals surface area contributed by atoms with Crippen LogP contribution < -0.4 is 21.5 Å². The lowest BCUT2D eigenvalue weighted by molar-refractivity contribution is -0.133. The third-order valence-electron chi connectivity index (χ3n) is 5.90. The van der Waals surface area contributed by atoms with E-state index in [1.807, 2.05) is 4.90 Å². The number of piperazine rings is 1. The number of carbonyl (C=O) groups excluding carboxylic acids is 2. The fourth-order valence-corrected chi connectivity index (χ4v) is 4.17. The zero-order chi connectivity index (χ0) is 22.5. The van der Waals surface area contributed by atoms with Crippen molar-refractivity contribution in [3.8, 4) is 0 Å². The second-order valence-electron chi connectivity index (χ2n) is 7.88. The summed E-state index contributed by atoms with van der Waals surface area (Å²) in [5.74, 6) is 0.108. The number of hydrogen-bond donors (Lipinski definition) is 2. The molecule has 1 fully saturated rings. The zero-order valence-corrected chi connectivity index (χ0v) is 17.7. The molecule has 1 aliphatic carbocycles. The van der Waals surface area contributed by atoms with Gasteiger partial charge in [-0.2, -0.15) is 0 Å². The van der Waals surface area contributed by atoms with E-state index in [4.69, 9.17) is 0 Å². The lowest BCUT2D eigenvalue weighted by atomic mass is 9.97. The second-order valence-corrected chi connectivity index (χ2v) is 7.88. The van der Waals surface area contributed by atoms with E-state index in [0.29, 0.717) is 50.5 Å². The Morgan fingerprint density at radius 3 is 2.50 bits per heavy atom. The molecule has 3 heterocycles. The Morgan fingerprint density at radius 1 is 1.03 bits per heavy atom. The first-order chi connectivity index (χ1) is 15.5. The summed E-state index contributed by atoms with van der Waals surface area (Å²) in [6.45, 7) is 2.30. The molecule has 12 nitrogen and oxygen atoms in total. The number of hydrogen-bond acceptors (Lipinski definition) is 8. The van der Waals surface area contributed by atoms with Gasteiger partial charge in [-0.25, -0.2) is 19.7 Å². The Balaban J connectivity index is 1.25. The molecule has 2 N–H and O–H groups in total. The summed E-state index contributed by atoms with van der Waals surface area (Å²) in [7, 11) is 0. The molecule has 0 aromatic carbocycles. The van der Waals surface area contributed by atoms with Crippen LogP contribution in [0.15, 0.2) is 22.2 Å². The Hall–Kier alpha value is -3.57. The van der Waals surface area contributed by atoms with Crippen LogP contribution >= 0.6 is 0 Å². The molecule has 32 heavy (non-hydrogen) atoms. The van der Waals surface area contributed by atoms with Gasteiger partial charge in [-0.05, 0) is 25.7 Å². The fraction of sp³-hybridized carbons (Fsp3) is 0.550. The second kappa shape index (κ2) is 9.71. The highest BCUT2D eigenvalue weighted by atomic mass is 16.2. The number of fused-ring (bicyclic) bond motifs is 1. The SMILES string of the molecule is O=C(CCn1c2c(c(=O)[nH]c1=O)CCCC2)NCC(=O)N1CCN(c2ncncn2)CC1. The molecule has 4 rings (SSSR count). The summed E-state index contributed by atoms with van der Waals surface area (Å²) in [5, 5.41) is 2.64. The molecule has 2 aliphatic rings. The Bertz CT molecular complexity index is 1090. The van der Waals surface area contributed by atoms with Crippen LogP contribution in [0.5, 0.6) is 0 Å². The first-order valence-electron chi connectivity index (χ1n) is 10.8. The molecule has 0 spiro atoms. The van der Waals surface area contributed by atoms with E-state index in [-0.39, 0.29) is 36.9 Å². The van der Waals surface area contributed by atoms with E-state index >= 15 is 0 Å². The molecule has 1 aliphatic heterocycles. The lowest BCUT2D eigenvalue weighted by Gasteiger charge is -2.34. The maximum atomic E-state index is 12.5. The first-order valence-corrected chi connectivity index (χ1v) is 10.8. The number of anilines is 1. The van der Waals surface area contributed by atoms with Crippen LogP contribution in [0, 0.1) is 0 Å². The first kappa shape index (κ1) is 21.7. The van der Waals surface area contributed by atoms with Crippen LogP contribution in [0.1, 0.15) is 30.5 Å². The quantitative estimate of drug-likeness (QED) is 0.547.